The molecule has 16 heavy (non-hydrogen) atoms. The van der Waals surface area contributed by atoms with Gasteiger partial charge in [-0.1, -0.05) is 0 Å². The van der Waals surface area contributed by atoms with Crippen LogP contribution in [0.15, 0.2) is 0 Å². The molecule has 1 atom stereocenters. The van der Waals surface area contributed by atoms with E-state index in [0.29, 0.717) is 0 Å². The maximum absolute atomic E-state index is 11.7. The molecule has 5 nitrogen and oxygen atoms in total. The highest BCUT2D eigenvalue weighted by atomic mass is 19.4. The van der Waals surface area contributed by atoms with Crippen LogP contribution in [0.3, 0.4) is 0 Å². The van der Waals surface area contributed by atoms with Crippen molar-refractivity contribution in [1.82, 2.24) is 5.32 Å². The van der Waals surface area contributed by atoms with Crippen LogP contribution in [0, 0.1) is 0 Å². The molecule has 0 aliphatic rings. The van der Waals surface area contributed by atoms with Crippen LogP contribution in [0.5, 0.6) is 0 Å². The molecule has 0 saturated carbocycles. The van der Waals surface area contributed by atoms with E-state index in [1.807, 2.05) is 0 Å². The van der Waals surface area contributed by atoms with Gasteiger partial charge in [0.15, 0.2) is 6.10 Å². The van der Waals surface area contributed by atoms with E-state index in [1.54, 1.807) is 5.32 Å². The first-order chi connectivity index (χ1) is 7.25. The number of hydrogen-bond acceptors (Lipinski definition) is 3. The summed E-state index contributed by atoms with van der Waals surface area (Å²) in [4.78, 5) is 20.4. The second kappa shape index (κ2) is 6.31. The van der Waals surface area contributed by atoms with Crippen LogP contribution in [0.1, 0.15) is 19.3 Å². The number of nitrogens with one attached hydrogen (secondary N) is 1. The monoisotopic (exact) mass is 243 g/mol. The Labute approximate surface area is 89.3 Å². The third-order valence-corrected chi connectivity index (χ3v) is 1.73. The van der Waals surface area contributed by atoms with E-state index in [9.17, 15) is 22.8 Å². The fourth-order valence-electron chi connectivity index (χ4n) is 0.888. The largest absolute Gasteiger partial charge is 0.479 e. The van der Waals surface area contributed by atoms with Gasteiger partial charge in [-0.3, -0.25) is 4.79 Å². The average molecular weight is 243 g/mol. The predicted molar refractivity (Wildman–Crippen MR) is 46.6 cm³/mol. The number of aliphatic carboxylic acids is 1. The van der Waals surface area contributed by atoms with Gasteiger partial charge in [-0.2, -0.15) is 13.2 Å². The summed E-state index contributed by atoms with van der Waals surface area (Å²) in [7, 11) is 0. The number of amides is 1. The zero-order valence-corrected chi connectivity index (χ0v) is 8.25. The number of unbranched alkanes of at least 4 members (excludes halogenated alkanes) is 1. The van der Waals surface area contributed by atoms with Gasteiger partial charge in [-0.25, -0.2) is 4.79 Å². The first kappa shape index (κ1) is 14.7. The van der Waals surface area contributed by atoms with E-state index < -0.39 is 24.2 Å². The topological polar surface area (TPSA) is 86.6 Å². The maximum Gasteiger partial charge on any atom is 0.471 e. The minimum Gasteiger partial charge on any atom is -0.479 e. The first-order valence-electron chi connectivity index (χ1n) is 4.51. The average Bonchev–Trinajstić information content (AvgIpc) is 2.14. The van der Waals surface area contributed by atoms with Gasteiger partial charge in [0, 0.05) is 6.54 Å². The number of aliphatic hydroxyl groups is 1. The first-order valence-corrected chi connectivity index (χ1v) is 4.51. The Balaban J connectivity index is 3.55. The Morgan fingerprint density at radius 1 is 1.25 bits per heavy atom. The van der Waals surface area contributed by atoms with E-state index >= 15 is 0 Å². The maximum atomic E-state index is 11.7. The zero-order valence-electron chi connectivity index (χ0n) is 8.25. The smallest absolute Gasteiger partial charge is 0.471 e. The lowest BCUT2D eigenvalue weighted by molar-refractivity contribution is -0.173. The van der Waals surface area contributed by atoms with Gasteiger partial charge < -0.3 is 15.5 Å². The molecule has 0 aromatic carbocycles. The van der Waals surface area contributed by atoms with E-state index in [-0.39, 0.29) is 25.8 Å². The van der Waals surface area contributed by atoms with Gasteiger partial charge >= 0.3 is 18.1 Å². The molecule has 0 spiro atoms. The summed E-state index contributed by atoms with van der Waals surface area (Å²) in [5.74, 6) is -3.40. The number of carboxylic acid groups (broad SMARTS) is 1. The van der Waals surface area contributed by atoms with Gasteiger partial charge in [-0.05, 0) is 19.3 Å². The highest BCUT2D eigenvalue weighted by Crippen LogP contribution is 2.13. The molecule has 0 radical (unpaired) electrons. The Morgan fingerprint density at radius 2 is 1.81 bits per heavy atom. The molecular weight excluding hydrogens is 231 g/mol. The molecule has 0 bridgehead atoms. The summed E-state index contributed by atoms with van der Waals surface area (Å²) in [6, 6.07) is 0. The van der Waals surface area contributed by atoms with Crippen LogP contribution in [-0.2, 0) is 9.59 Å². The SMILES string of the molecule is O=C(O)C(O)CCCCNC(=O)C(F)(F)F. The lowest BCUT2D eigenvalue weighted by Crippen LogP contribution is -2.37. The van der Waals surface area contributed by atoms with Gasteiger partial charge in [0.1, 0.15) is 0 Å². The Morgan fingerprint density at radius 3 is 2.25 bits per heavy atom. The lowest BCUT2D eigenvalue weighted by atomic mass is 10.1. The van der Waals surface area contributed by atoms with Gasteiger partial charge in [0.25, 0.3) is 0 Å². The predicted octanol–water partition coefficient (Wildman–Crippen LogP) is 0.281. The summed E-state index contributed by atoms with van der Waals surface area (Å²) in [6.07, 6.45) is -6.09. The summed E-state index contributed by atoms with van der Waals surface area (Å²) in [5.41, 5.74) is 0. The highest BCUT2D eigenvalue weighted by Gasteiger charge is 2.38. The second-order valence-electron chi connectivity index (χ2n) is 3.10. The van der Waals surface area contributed by atoms with Crippen LogP contribution >= 0.6 is 0 Å². The fourth-order valence-corrected chi connectivity index (χ4v) is 0.888. The van der Waals surface area contributed by atoms with E-state index in [1.165, 1.54) is 0 Å². The number of alkyl halides is 3. The minimum atomic E-state index is -4.90. The van der Waals surface area contributed by atoms with Crippen molar-refractivity contribution in [3.05, 3.63) is 0 Å². The lowest BCUT2D eigenvalue weighted by Gasteiger charge is -2.08. The van der Waals surface area contributed by atoms with E-state index in [4.69, 9.17) is 10.2 Å². The molecule has 0 aromatic rings. The summed E-state index contributed by atoms with van der Waals surface area (Å²) in [5, 5.41) is 18.7. The van der Waals surface area contributed by atoms with Crippen LogP contribution in [-0.4, -0.2) is 40.9 Å². The Bertz CT molecular complexity index is 254. The van der Waals surface area contributed by atoms with Gasteiger partial charge in [0.2, 0.25) is 0 Å². The number of rotatable bonds is 6. The summed E-state index contributed by atoms with van der Waals surface area (Å²) >= 11 is 0. The summed E-state index contributed by atoms with van der Waals surface area (Å²) < 4.78 is 35.0. The molecule has 0 aliphatic carbocycles. The molecule has 3 N–H and O–H groups in total. The molecule has 0 aromatic heterocycles. The molecular formula is C8H12F3NO4. The van der Waals surface area contributed by atoms with Crippen molar-refractivity contribution in [1.29, 1.82) is 0 Å². The minimum absolute atomic E-state index is 0.0583. The van der Waals surface area contributed by atoms with Crippen molar-refractivity contribution < 1.29 is 33.0 Å². The van der Waals surface area contributed by atoms with Crippen LogP contribution < -0.4 is 5.32 Å². The van der Waals surface area contributed by atoms with Crippen LogP contribution in [0.4, 0.5) is 13.2 Å². The van der Waals surface area contributed by atoms with Crippen molar-refractivity contribution in [2.45, 2.75) is 31.5 Å². The molecule has 0 heterocycles. The van der Waals surface area contributed by atoms with Gasteiger partial charge in [-0.15, -0.1) is 0 Å². The third-order valence-electron chi connectivity index (χ3n) is 1.73. The zero-order chi connectivity index (χ0) is 12.8. The molecule has 1 unspecified atom stereocenters. The van der Waals surface area contributed by atoms with Crippen molar-refractivity contribution in [3.8, 4) is 0 Å². The molecule has 8 heteroatoms. The van der Waals surface area contributed by atoms with E-state index in [0.717, 1.165) is 0 Å². The quantitative estimate of drug-likeness (QED) is 0.585. The van der Waals surface area contributed by atoms with Crippen LogP contribution in [0.2, 0.25) is 0 Å². The van der Waals surface area contributed by atoms with E-state index in [2.05, 4.69) is 0 Å². The molecule has 0 aliphatic heterocycles. The molecule has 0 saturated heterocycles. The number of hydrogen-bond donors (Lipinski definition) is 3. The normalized spacial score (nSPS) is 13.2. The molecule has 0 fully saturated rings. The van der Waals surface area contributed by atoms with Crippen molar-refractivity contribution in [2.24, 2.45) is 0 Å². The van der Waals surface area contributed by atoms with Crippen molar-refractivity contribution >= 4 is 11.9 Å². The number of carbonyl (C=O) groups is 2. The number of halogens is 3. The summed E-state index contributed by atoms with van der Waals surface area (Å²) in [6.45, 7) is -0.204. The fraction of sp³-hybridized carbons (Fsp3) is 0.750. The number of carbonyl (C=O) groups excluding carboxylic acids is 1. The van der Waals surface area contributed by atoms with Gasteiger partial charge in [0.05, 0.1) is 0 Å². The highest BCUT2D eigenvalue weighted by molar-refractivity contribution is 5.81. The number of carboxylic acids is 1. The van der Waals surface area contributed by atoms with Crippen molar-refractivity contribution in [2.75, 3.05) is 6.54 Å². The van der Waals surface area contributed by atoms with Crippen LogP contribution in [0.25, 0.3) is 0 Å². The third kappa shape index (κ3) is 6.23. The Hall–Kier alpha value is -1.31. The molecule has 0 rings (SSSR count). The second-order valence-corrected chi connectivity index (χ2v) is 3.10. The Kier molecular flexibility index (Phi) is 5.79. The number of aliphatic hydroxyl groups excluding tert-OH is 1. The standard InChI is InChI=1S/C8H12F3NO4/c9-8(10,11)7(16)12-4-2-1-3-5(13)6(14)15/h5,13H,1-4H2,(H,12,16)(H,14,15). The molecule has 94 valence electrons. The molecule has 1 amide bonds. The van der Waals surface area contributed by atoms with Crippen molar-refractivity contribution in [3.63, 3.8) is 0 Å².